The van der Waals surface area contributed by atoms with Crippen molar-refractivity contribution in [1.82, 2.24) is 4.98 Å². The maximum absolute atomic E-state index is 9.66. The molecule has 0 bridgehead atoms. The number of aromatic nitrogens is 1. The zero-order valence-electron chi connectivity index (χ0n) is 14.9. The van der Waals surface area contributed by atoms with Gasteiger partial charge in [-0.2, -0.15) is 5.26 Å². The largest absolute Gasteiger partial charge is 0.437 e. The van der Waals surface area contributed by atoms with Gasteiger partial charge in [-0.15, -0.1) is 0 Å². The van der Waals surface area contributed by atoms with Crippen molar-refractivity contribution >= 4 is 17.3 Å². The van der Waals surface area contributed by atoms with E-state index in [1.54, 1.807) is 11.0 Å². The Labute approximate surface area is 153 Å². The topological polar surface area (TPSA) is 69.4 Å². The molecule has 0 amide bonds. The van der Waals surface area contributed by atoms with E-state index in [1.807, 2.05) is 39.8 Å². The molecule has 0 aliphatic rings. The second kappa shape index (κ2) is 8.19. The van der Waals surface area contributed by atoms with Crippen LogP contribution in [0.2, 0.25) is 5.02 Å². The molecule has 0 saturated heterocycles. The van der Waals surface area contributed by atoms with Gasteiger partial charge in [0.25, 0.3) is 0 Å². The van der Waals surface area contributed by atoms with Crippen molar-refractivity contribution in [3.8, 4) is 17.7 Å². The SMILES string of the molecule is CCCN(CO)c1cc(C)nc(Oc2c(C)cc(Cl)cc2C)c1C#N. The number of nitrogens with zero attached hydrogens (tertiary/aromatic N) is 3. The van der Waals surface area contributed by atoms with Gasteiger partial charge in [0.2, 0.25) is 5.88 Å². The van der Waals surface area contributed by atoms with Gasteiger partial charge in [0.05, 0.1) is 5.69 Å². The van der Waals surface area contributed by atoms with E-state index in [1.165, 1.54) is 0 Å². The van der Waals surface area contributed by atoms with E-state index >= 15 is 0 Å². The van der Waals surface area contributed by atoms with E-state index in [0.717, 1.165) is 17.5 Å². The predicted molar refractivity (Wildman–Crippen MR) is 99.4 cm³/mol. The first kappa shape index (κ1) is 19.0. The van der Waals surface area contributed by atoms with E-state index in [2.05, 4.69) is 11.1 Å². The average Bonchev–Trinajstić information content (AvgIpc) is 2.55. The number of halogens is 1. The first-order valence-corrected chi connectivity index (χ1v) is 8.51. The number of rotatable bonds is 6. The number of hydrogen-bond acceptors (Lipinski definition) is 5. The third-order valence-electron chi connectivity index (χ3n) is 3.83. The fourth-order valence-electron chi connectivity index (χ4n) is 2.75. The predicted octanol–water partition coefficient (Wildman–Crippen LogP) is 4.49. The summed E-state index contributed by atoms with van der Waals surface area (Å²) in [5, 5.41) is 20.0. The second-order valence-corrected chi connectivity index (χ2v) is 6.39. The molecule has 1 N–H and O–H groups in total. The van der Waals surface area contributed by atoms with Crippen molar-refractivity contribution in [3.05, 3.63) is 45.6 Å². The van der Waals surface area contributed by atoms with Crippen LogP contribution in [0.15, 0.2) is 18.2 Å². The van der Waals surface area contributed by atoms with E-state index < -0.39 is 0 Å². The number of aliphatic hydroxyl groups excluding tert-OH is 1. The highest BCUT2D eigenvalue weighted by atomic mass is 35.5. The molecule has 1 heterocycles. The summed E-state index contributed by atoms with van der Waals surface area (Å²) in [7, 11) is 0. The molecule has 0 aliphatic carbocycles. The summed E-state index contributed by atoms with van der Waals surface area (Å²) < 4.78 is 6.01. The summed E-state index contributed by atoms with van der Waals surface area (Å²) in [5.41, 5.74) is 3.38. The summed E-state index contributed by atoms with van der Waals surface area (Å²) in [4.78, 5) is 6.13. The van der Waals surface area contributed by atoms with Crippen molar-refractivity contribution < 1.29 is 9.84 Å². The third kappa shape index (κ3) is 4.22. The molecule has 6 heteroatoms. The number of aryl methyl sites for hydroxylation is 3. The second-order valence-electron chi connectivity index (χ2n) is 5.95. The fourth-order valence-corrected chi connectivity index (χ4v) is 3.08. The molecule has 0 aliphatic heterocycles. The molecule has 0 unspecified atom stereocenters. The van der Waals surface area contributed by atoms with Gasteiger partial charge in [-0.05, 0) is 56.5 Å². The minimum Gasteiger partial charge on any atom is -0.437 e. The number of ether oxygens (including phenoxy) is 1. The lowest BCUT2D eigenvalue weighted by Gasteiger charge is -2.24. The minimum absolute atomic E-state index is 0.176. The maximum Gasteiger partial charge on any atom is 0.239 e. The van der Waals surface area contributed by atoms with Crippen LogP contribution in [0.1, 0.15) is 35.7 Å². The molecule has 0 spiro atoms. The normalized spacial score (nSPS) is 10.4. The van der Waals surface area contributed by atoms with Crippen LogP contribution in [0.5, 0.6) is 11.6 Å². The first-order valence-electron chi connectivity index (χ1n) is 8.13. The number of nitriles is 1. The lowest BCUT2D eigenvalue weighted by atomic mass is 10.1. The molecule has 0 radical (unpaired) electrons. The van der Waals surface area contributed by atoms with Crippen LogP contribution in [0.4, 0.5) is 5.69 Å². The summed E-state index contributed by atoms with van der Waals surface area (Å²) >= 11 is 6.07. The molecule has 2 rings (SSSR count). The van der Waals surface area contributed by atoms with Crippen LogP contribution in [-0.2, 0) is 0 Å². The highest BCUT2D eigenvalue weighted by Crippen LogP contribution is 2.35. The van der Waals surface area contributed by atoms with Gasteiger partial charge in [0, 0.05) is 17.3 Å². The number of benzene rings is 1. The Morgan fingerprint density at radius 1 is 1.24 bits per heavy atom. The quantitative estimate of drug-likeness (QED) is 0.769. The van der Waals surface area contributed by atoms with Gasteiger partial charge < -0.3 is 14.7 Å². The standard InChI is InChI=1S/C19H22ClN3O2/c1-5-6-23(11-24)17-9-14(4)22-19(16(17)10-21)25-18-12(2)7-15(20)8-13(18)3/h7-9,24H,5-6,11H2,1-4H3. The summed E-state index contributed by atoms with van der Waals surface area (Å²) in [5.74, 6) is 0.872. The molecule has 1 aromatic heterocycles. The molecule has 0 atom stereocenters. The highest BCUT2D eigenvalue weighted by Gasteiger charge is 2.19. The lowest BCUT2D eigenvalue weighted by Crippen LogP contribution is -2.26. The van der Waals surface area contributed by atoms with Gasteiger partial charge in [0.15, 0.2) is 0 Å². The Morgan fingerprint density at radius 2 is 1.88 bits per heavy atom. The van der Waals surface area contributed by atoms with Gasteiger partial charge in [-0.25, -0.2) is 4.98 Å². The molecule has 132 valence electrons. The number of anilines is 1. The smallest absolute Gasteiger partial charge is 0.239 e. The van der Waals surface area contributed by atoms with E-state index in [4.69, 9.17) is 16.3 Å². The highest BCUT2D eigenvalue weighted by molar-refractivity contribution is 6.30. The third-order valence-corrected chi connectivity index (χ3v) is 4.05. The molecular formula is C19H22ClN3O2. The number of hydrogen-bond donors (Lipinski definition) is 1. The Hall–Kier alpha value is -2.29. The molecule has 0 saturated carbocycles. The van der Waals surface area contributed by atoms with Crippen LogP contribution in [0.3, 0.4) is 0 Å². The van der Waals surface area contributed by atoms with E-state index in [-0.39, 0.29) is 12.6 Å². The minimum atomic E-state index is -0.176. The van der Waals surface area contributed by atoms with Gasteiger partial charge in [-0.3, -0.25) is 0 Å². The zero-order chi connectivity index (χ0) is 18.6. The van der Waals surface area contributed by atoms with Crippen LogP contribution in [-0.4, -0.2) is 23.4 Å². The van der Waals surface area contributed by atoms with Crippen LogP contribution in [0, 0.1) is 32.1 Å². The van der Waals surface area contributed by atoms with E-state index in [9.17, 15) is 10.4 Å². The molecule has 5 nitrogen and oxygen atoms in total. The number of pyridine rings is 1. The van der Waals surface area contributed by atoms with E-state index in [0.29, 0.717) is 34.3 Å². The summed E-state index contributed by atoms with van der Waals surface area (Å²) in [6.07, 6.45) is 0.846. The Kier molecular flexibility index (Phi) is 6.24. The molecule has 1 aromatic carbocycles. The van der Waals surface area contributed by atoms with Crippen molar-refractivity contribution in [3.63, 3.8) is 0 Å². The van der Waals surface area contributed by atoms with Crippen molar-refractivity contribution in [2.24, 2.45) is 0 Å². The van der Waals surface area contributed by atoms with Gasteiger partial charge >= 0.3 is 0 Å². The zero-order valence-corrected chi connectivity index (χ0v) is 15.7. The molecule has 25 heavy (non-hydrogen) atoms. The number of aliphatic hydroxyl groups is 1. The van der Waals surface area contributed by atoms with Gasteiger partial charge in [-0.1, -0.05) is 18.5 Å². The van der Waals surface area contributed by atoms with Crippen LogP contribution in [0.25, 0.3) is 0 Å². The van der Waals surface area contributed by atoms with Crippen molar-refractivity contribution in [2.45, 2.75) is 34.1 Å². The lowest BCUT2D eigenvalue weighted by molar-refractivity contribution is 0.290. The van der Waals surface area contributed by atoms with Crippen LogP contribution >= 0.6 is 11.6 Å². The monoisotopic (exact) mass is 359 g/mol. The van der Waals surface area contributed by atoms with Crippen LogP contribution < -0.4 is 9.64 Å². The van der Waals surface area contributed by atoms with Crippen molar-refractivity contribution in [1.29, 1.82) is 5.26 Å². The Morgan fingerprint density at radius 3 is 2.40 bits per heavy atom. The van der Waals surface area contributed by atoms with Gasteiger partial charge in [0.1, 0.15) is 24.1 Å². The fraction of sp³-hybridized carbons (Fsp3) is 0.368. The summed E-state index contributed by atoms with van der Waals surface area (Å²) in [6, 6.07) is 7.58. The maximum atomic E-state index is 9.66. The molecule has 0 fully saturated rings. The molecular weight excluding hydrogens is 338 g/mol. The summed E-state index contributed by atoms with van der Waals surface area (Å²) in [6.45, 7) is 8.10. The average molecular weight is 360 g/mol. The Bertz CT molecular complexity index is 792. The first-order chi connectivity index (χ1) is 11.9. The molecule has 2 aromatic rings. The Balaban J connectivity index is 2.56. The van der Waals surface area contributed by atoms with Crippen molar-refractivity contribution in [2.75, 3.05) is 18.2 Å².